The van der Waals surface area contributed by atoms with E-state index in [0.29, 0.717) is 12.3 Å². The topological polar surface area (TPSA) is 59.4 Å². The lowest BCUT2D eigenvalue weighted by Gasteiger charge is -2.06. The van der Waals surface area contributed by atoms with Crippen LogP contribution in [0.1, 0.15) is 27.2 Å². The first-order chi connectivity index (χ1) is 12.2. The maximum absolute atomic E-state index is 10.8. The number of hydrogen-bond acceptors (Lipinski definition) is 3. The Morgan fingerprint density at radius 2 is 1.84 bits per heavy atom. The van der Waals surface area contributed by atoms with Gasteiger partial charge in [-0.05, 0) is 41.5 Å². The van der Waals surface area contributed by atoms with Crippen molar-refractivity contribution in [1.29, 1.82) is 0 Å². The van der Waals surface area contributed by atoms with Gasteiger partial charge in [0, 0.05) is 6.20 Å². The third kappa shape index (κ3) is 4.78. The van der Waals surface area contributed by atoms with Crippen LogP contribution in [0.5, 0.6) is 5.75 Å². The molecule has 0 aliphatic carbocycles. The van der Waals surface area contributed by atoms with Crippen LogP contribution in [0.2, 0.25) is 0 Å². The zero-order valence-corrected chi connectivity index (χ0v) is 13.5. The molecule has 2 aromatic carbocycles. The maximum Gasteiger partial charge on any atom is 0.337 e. The summed E-state index contributed by atoms with van der Waals surface area (Å²) in [6, 6.07) is 21.0. The van der Waals surface area contributed by atoms with Crippen molar-refractivity contribution < 1.29 is 14.6 Å². The standard InChI is InChI=1S/C21H17NO3/c23-21(24)18-10-12-19(22-14-18)11-9-16-7-4-8-20(13-16)25-15-17-5-2-1-3-6-17/h1-14H,15H2,(H,23,24)/b11-9+. The molecule has 0 saturated carbocycles. The van der Waals surface area contributed by atoms with E-state index >= 15 is 0 Å². The van der Waals surface area contributed by atoms with Crippen molar-refractivity contribution in [1.82, 2.24) is 4.98 Å². The molecule has 0 unspecified atom stereocenters. The van der Waals surface area contributed by atoms with Gasteiger partial charge in [0.1, 0.15) is 12.4 Å². The van der Waals surface area contributed by atoms with Crippen molar-refractivity contribution in [2.24, 2.45) is 0 Å². The number of pyridine rings is 1. The second-order valence-electron chi connectivity index (χ2n) is 5.46. The van der Waals surface area contributed by atoms with Crippen LogP contribution in [0.25, 0.3) is 12.2 Å². The van der Waals surface area contributed by atoms with E-state index in [-0.39, 0.29) is 5.56 Å². The summed E-state index contributed by atoms with van der Waals surface area (Å²) in [4.78, 5) is 14.9. The van der Waals surface area contributed by atoms with Crippen LogP contribution in [0, 0.1) is 0 Å². The highest BCUT2D eigenvalue weighted by molar-refractivity contribution is 5.87. The molecule has 4 heteroatoms. The molecule has 1 N–H and O–H groups in total. The van der Waals surface area contributed by atoms with Crippen molar-refractivity contribution in [3.8, 4) is 5.75 Å². The number of carboxylic acid groups (broad SMARTS) is 1. The summed E-state index contributed by atoms with van der Waals surface area (Å²) in [5.74, 6) is -0.188. The van der Waals surface area contributed by atoms with E-state index in [1.807, 2.05) is 66.7 Å². The van der Waals surface area contributed by atoms with E-state index in [9.17, 15) is 4.79 Å². The van der Waals surface area contributed by atoms with Crippen LogP contribution in [0.15, 0.2) is 72.9 Å². The van der Waals surface area contributed by atoms with Gasteiger partial charge in [0.15, 0.2) is 0 Å². The van der Waals surface area contributed by atoms with Crippen molar-refractivity contribution in [3.05, 3.63) is 95.3 Å². The highest BCUT2D eigenvalue weighted by atomic mass is 16.5. The minimum Gasteiger partial charge on any atom is -0.489 e. The number of rotatable bonds is 6. The molecule has 0 aliphatic heterocycles. The van der Waals surface area contributed by atoms with Crippen molar-refractivity contribution in [2.75, 3.05) is 0 Å². The number of hydrogen-bond donors (Lipinski definition) is 1. The lowest BCUT2D eigenvalue weighted by atomic mass is 10.1. The molecule has 0 radical (unpaired) electrons. The van der Waals surface area contributed by atoms with E-state index < -0.39 is 5.97 Å². The fourth-order valence-electron chi connectivity index (χ4n) is 2.26. The molecular weight excluding hydrogens is 314 g/mol. The average molecular weight is 331 g/mol. The Morgan fingerprint density at radius 3 is 2.56 bits per heavy atom. The first kappa shape index (κ1) is 16.5. The molecule has 4 nitrogen and oxygen atoms in total. The lowest BCUT2D eigenvalue weighted by molar-refractivity contribution is 0.0696. The van der Waals surface area contributed by atoms with Crippen LogP contribution in [0.3, 0.4) is 0 Å². The molecule has 0 saturated heterocycles. The van der Waals surface area contributed by atoms with E-state index in [4.69, 9.17) is 9.84 Å². The van der Waals surface area contributed by atoms with Gasteiger partial charge in [0.25, 0.3) is 0 Å². The van der Waals surface area contributed by atoms with Crippen molar-refractivity contribution in [2.45, 2.75) is 6.61 Å². The van der Waals surface area contributed by atoms with Crippen molar-refractivity contribution >= 4 is 18.1 Å². The molecule has 0 bridgehead atoms. The monoisotopic (exact) mass is 331 g/mol. The number of aromatic carboxylic acids is 1. The number of carboxylic acids is 1. The van der Waals surface area contributed by atoms with Gasteiger partial charge in [-0.1, -0.05) is 48.5 Å². The summed E-state index contributed by atoms with van der Waals surface area (Å²) in [6.07, 6.45) is 5.10. The molecule has 25 heavy (non-hydrogen) atoms. The summed E-state index contributed by atoms with van der Waals surface area (Å²) < 4.78 is 5.81. The second-order valence-corrected chi connectivity index (χ2v) is 5.46. The predicted molar refractivity (Wildman–Crippen MR) is 97.3 cm³/mol. The van der Waals surface area contributed by atoms with E-state index in [1.165, 1.54) is 12.3 Å². The molecule has 0 fully saturated rings. The largest absolute Gasteiger partial charge is 0.489 e. The summed E-state index contributed by atoms with van der Waals surface area (Å²) in [5.41, 5.74) is 2.97. The number of carbonyl (C=O) groups is 1. The highest BCUT2D eigenvalue weighted by Crippen LogP contribution is 2.17. The molecule has 0 atom stereocenters. The number of nitrogens with zero attached hydrogens (tertiary/aromatic N) is 1. The SMILES string of the molecule is O=C(O)c1ccc(/C=C/c2cccc(OCc3ccccc3)c2)nc1. The van der Waals surface area contributed by atoms with Gasteiger partial charge in [-0.2, -0.15) is 0 Å². The molecule has 0 aliphatic rings. The van der Waals surface area contributed by atoms with E-state index in [2.05, 4.69) is 4.98 Å². The Labute approximate surface area is 146 Å². The normalized spacial score (nSPS) is 10.7. The van der Waals surface area contributed by atoms with E-state index in [0.717, 1.165) is 16.9 Å². The van der Waals surface area contributed by atoms with Gasteiger partial charge in [0.05, 0.1) is 11.3 Å². The average Bonchev–Trinajstić information content (AvgIpc) is 2.66. The van der Waals surface area contributed by atoms with Crippen LogP contribution in [0.4, 0.5) is 0 Å². The Morgan fingerprint density at radius 1 is 1.00 bits per heavy atom. The number of benzene rings is 2. The fraction of sp³-hybridized carbons (Fsp3) is 0.0476. The van der Waals surface area contributed by atoms with Crippen LogP contribution < -0.4 is 4.74 Å². The van der Waals surface area contributed by atoms with Crippen molar-refractivity contribution in [3.63, 3.8) is 0 Å². The second kappa shape index (κ2) is 7.93. The number of aromatic nitrogens is 1. The summed E-state index contributed by atoms with van der Waals surface area (Å²) in [7, 11) is 0. The summed E-state index contributed by atoms with van der Waals surface area (Å²) in [6.45, 7) is 0.520. The summed E-state index contributed by atoms with van der Waals surface area (Å²) >= 11 is 0. The molecule has 1 aromatic heterocycles. The minimum absolute atomic E-state index is 0.174. The van der Waals surface area contributed by atoms with Gasteiger partial charge in [-0.3, -0.25) is 4.98 Å². The third-order valence-corrected chi connectivity index (χ3v) is 3.59. The zero-order chi connectivity index (χ0) is 17.5. The predicted octanol–water partition coefficient (Wildman–Crippen LogP) is 4.53. The van der Waals surface area contributed by atoms with Gasteiger partial charge in [-0.25, -0.2) is 4.79 Å². The van der Waals surface area contributed by atoms with Crippen LogP contribution >= 0.6 is 0 Å². The molecular formula is C21H17NO3. The Bertz CT molecular complexity index is 871. The van der Waals surface area contributed by atoms with Gasteiger partial charge >= 0.3 is 5.97 Å². The maximum atomic E-state index is 10.8. The van der Waals surface area contributed by atoms with Gasteiger partial charge < -0.3 is 9.84 Å². The first-order valence-electron chi connectivity index (χ1n) is 7.85. The van der Waals surface area contributed by atoms with Crippen LogP contribution in [-0.4, -0.2) is 16.1 Å². The molecule has 3 rings (SSSR count). The molecule has 3 aromatic rings. The van der Waals surface area contributed by atoms with Crippen LogP contribution in [-0.2, 0) is 6.61 Å². The first-order valence-corrected chi connectivity index (χ1v) is 7.85. The van der Waals surface area contributed by atoms with Gasteiger partial charge in [-0.15, -0.1) is 0 Å². The molecule has 0 amide bonds. The molecule has 0 spiro atoms. The number of ether oxygens (including phenoxy) is 1. The lowest BCUT2D eigenvalue weighted by Crippen LogP contribution is -1.96. The highest BCUT2D eigenvalue weighted by Gasteiger charge is 2.01. The Hall–Kier alpha value is -3.40. The van der Waals surface area contributed by atoms with E-state index in [1.54, 1.807) is 6.07 Å². The molecule has 124 valence electrons. The fourth-order valence-corrected chi connectivity index (χ4v) is 2.26. The Balaban J connectivity index is 1.65. The smallest absolute Gasteiger partial charge is 0.337 e. The van der Waals surface area contributed by atoms with Gasteiger partial charge in [0.2, 0.25) is 0 Å². The summed E-state index contributed by atoms with van der Waals surface area (Å²) in [5, 5.41) is 8.88. The molecule has 1 heterocycles. The quantitative estimate of drug-likeness (QED) is 0.721. The zero-order valence-electron chi connectivity index (χ0n) is 13.5. The minimum atomic E-state index is -0.980. The Kier molecular flexibility index (Phi) is 5.22. The third-order valence-electron chi connectivity index (χ3n) is 3.59.